The van der Waals surface area contributed by atoms with E-state index >= 15 is 0 Å². The van der Waals surface area contributed by atoms with E-state index in [4.69, 9.17) is 5.11 Å². The molecule has 1 aliphatic rings. The Hall–Kier alpha value is -2.44. The zero-order valence-corrected chi connectivity index (χ0v) is 11.2. The molecule has 0 spiro atoms. The summed E-state index contributed by atoms with van der Waals surface area (Å²) in [6, 6.07) is 5.27. The van der Waals surface area contributed by atoms with Gasteiger partial charge in [-0.3, -0.25) is 0 Å². The first-order chi connectivity index (χ1) is 9.63. The maximum Gasteiger partial charge on any atom is 0.335 e. The first kappa shape index (κ1) is 12.6. The zero-order chi connectivity index (χ0) is 14.1. The number of benzene rings is 1. The third kappa shape index (κ3) is 2.34. The monoisotopic (exact) mass is 273 g/mol. The normalized spacial score (nSPS) is 14.2. The number of tetrazole rings is 1. The Morgan fingerprint density at radius 3 is 3.00 bits per heavy atom. The minimum atomic E-state index is -0.888. The second-order valence-corrected chi connectivity index (χ2v) is 4.87. The molecule has 1 aromatic heterocycles. The molecule has 0 fully saturated rings. The highest BCUT2D eigenvalue weighted by Gasteiger charge is 2.19. The fourth-order valence-corrected chi connectivity index (χ4v) is 2.53. The van der Waals surface area contributed by atoms with E-state index < -0.39 is 5.97 Å². The smallest absolute Gasteiger partial charge is 0.335 e. The number of rotatable bonds is 3. The first-order valence-electron chi connectivity index (χ1n) is 6.47. The number of anilines is 1. The van der Waals surface area contributed by atoms with Gasteiger partial charge >= 0.3 is 5.97 Å². The van der Waals surface area contributed by atoms with Crippen LogP contribution in [0.15, 0.2) is 18.2 Å². The van der Waals surface area contributed by atoms with Crippen LogP contribution in [0.3, 0.4) is 0 Å². The summed E-state index contributed by atoms with van der Waals surface area (Å²) in [5.74, 6) is -0.219. The highest BCUT2D eigenvalue weighted by atomic mass is 16.4. The maximum atomic E-state index is 11.0. The first-order valence-corrected chi connectivity index (χ1v) is 6.47. The van der Waals surface area contributed by atoms with Crippen LogP contribution < -0.4 is 4.90 Å². The van der Waals surface area contributed by atoms with Gasteiger partial charge < -0.3 is 10.0 Å². The van der Waals surface area contributed by atoms with Gasteiger partial charge in [0, 0.05) is 12.2 Å². The molecule has 1 aromatic carbocycles. The van der Waals surface area contributed by atoms with E-state index in [1.165, 1.54) is 4.80 Å². The van der Waals surface area contributed by atoms with Crippen molar-refractivity contribution in [3.8, 4) is 0 Å². The van der Waals surface area contributed by atoms with Crippen molar-refractivity contribution >= 4 is 11.7 Å². The molecule has 0 radical (unpaired) electrons. The number of carboxylic acid groups (broad SMARTS) is 1. The Bertz CT molecular complexity index is 652. The molecular formula is C13H15N5O2. The number of nitrogens with zero attached hydrogens (tertiary/aromatic N) is 5. The Labute approximate surface area is 115 Å². The third-order valence-electron chi connectivity index (χ3n) is 3.42. The molecule has 104 valence electrons. The van der Waals surface area contributed by atoms with E-state index in [1.807, 2.05) is 6.07 Å². The van der Waals surface area contributed by atoms with Gasteiger partial charge in [0.1, 0.15) is 0 Å². The van der Waals surface area contributed by atoms with Crippen molar-refractivity contribution in [3.63, 3.8) is 0 Å². The number of carbonyl (C=O) groups is 1. The summed E-state index contributed by atoms with van der Waals surface area (Å²) in [7, 11) is 1.74. The number of hydrogen-bond acceptors (Lipinski definition) is 5. The molecule has 0 unspecified atom stereocenters. The summed E-state index contributed by atoms with van der Waals surface area (Å²) in [4.78, 5) is 14.6. The highest BCUT2D eigenvalue weighted by Crippen LogP contribution is 2.28. The topological polar surface area (TPSA) is 84.1 Å². The predicted octanol–water partition coefficient (Wildman–Crippen LogP) is 0.861. The lowest BCUT2D eigenvalue weighted by atomic mass is 9.99. The van der Waals surface area contributed by atoms with E-state index in [0.717, 1.165) is 30.6 Å². The van der Waals surface area contributed by atoms with Crippen molar-refractivity contribution in [2.24, 2.45) is 7.05 Å². The van der Waals surface area contributed by atoms with Crippen LogP contribution in [0, 0.1) is 0 Å². The van der Waals surface area contributed by atoms with Gasteiger partial charge in [-0.25, -0.2) is 4.79 Å². The van der Waals surface area contributed by atoms with Gasteiger partial charge in [-0.15, -0.1) is 10.2 Å². The lowest BCUT2D eigenvalue weighted by molar-refractivity contribution is 0.0697. The molecule has 0 saturated carbocycles. The van der Waals surface area contributed by atoms with Gasteiger partial charge in [0.2, 0.25) is 0 Å². The summed E-state index contributed by atoms with van der Waals surface area (Å²) < 4.78 is 0. The molecule has 0 saturated heterocycles. The van der Waals surface area contributed by atoms with Gasteiger partial charge in [0.15, 0.2) is 5.82 Å². The van der Waals surface area contributed by atoms with Crippen LogP contribution in [0.25, 0.3) is 0 Å². The second-order valence-electron chi connectivity index (χ2n) is 4.87. The Kier molecular flexibility index (Phi) is 3.09. The fraction of sp³-hybridized carbons (Fsp3) is 0.385. The molecule has 0 amide bonds. The molecule has 3 rings (SSSR count). The van der Waals surface area contributed by atoms with Crippen LogP contribution >= 0.6 is 0 Å². The number of aromatic nitrogens is 4. The summed E-state index contributed by atoms with van der Waals surface area (Å²) in [5.41, 5.74) is 2.47. The number of aryl methyl sites for hydroxylation is 2. The Morgan fingerprint density at radius 1 is 1.45 bits per heavy atom. The predicted molar refractivity (Wildman–Crippen MR) is 71.6 cm³/mol. The van der Waals surface area contributed by atoms with Gasteiger partial charge in [0.05, 0.1) is 19.2 Å². The third-order valence-corrected chi connectivity index (χ3v) is 3.42. The second kappa shape index (κ2) is 4.92. The molecular weight excluding hydrogens is 258 g/mol. The van der Waals surface area contributed by atoms with Crippen molar-refractivity contribution in [1.29, 1.82) is 0 Å². The van der Waals surface area contributed by atoms with Crippen LogP contribution in [0.5, 0.6) is 0 Å². The largest absolute Gasteiger partial charge is 0.478 e. The Balaban J connectivity index is 1.88. The molecule has 1 aliphatic heterocycles. The number of aromatic carboxylic acids is 1. The molecule has 7 nitrogen and oxygen atoms in total. The van der Waals surface area contributed by atoms with E-state index in [0.29, 0.717) is 17.9 Å². The summed E-state index contributed by atoms with van der Waals surface area (Å²) >= 11 is 0. The van der Waals surface area contributed by atoms with E-state index in [-0.39, 0.29) is 0 Å². The van der Waals surface area contributed by atoms with Crippen LogP contribution in [0.1, 0.15) is 28.2 Å². The van der Waals surface area contributed by atoms with Gasteiger partial charge in [-0.2, -0.15) is 4.80 Å². The lowest BCUT2D eigenvalue weighted by Gasteiger charge is -2.30. The standard InChI is InChI=1S/C13H15N5O2/c1-17-15-12(14-16-17)8-18-6-2-3-9-7-10(13(19)20)4-5-11(9)18/h4-5,7H,2-3,6,8H2,1H3,(H,19,20). The minimum Gasteiger partial charge on any atom is -0.478 e. The van der Waals surface area contributed by atoms with Crippen molar-refractivity contribution in [2.75, 3.05) is 11.4 Å². The molecule has 0 aliphatic carbocycles. The van der Waals surface area contributed by atoms with Crippen molar-refractivity contribution in [2.45, 2.75) is 19.4 Å². The van der Waals surface area contributed by atoms with Gasteiger partial charge in [0.25, 0.3) is 0 Å². The summed E-state index contributed by atoms with van der Waals surface area (Å²) in [6.45, 7) is 1.50. The average Bonchev–Trinajstić information content (AvgIpc) is 2.84. The zero-order valence-electron chi connectivity index (χ0n) is 11.2. The minimum absolute atomic E-state index is 0.336. The van der Waals surface area contributed by atoms with Crippen molar-refractivity contribution < 1.29 is 9.90 Å². The van der Waals surface area contributed by atoms with Crippen LogP contribution in [0.4, 0.5) is 5.69 Å². The van der Waals surface area contributed by atoms with Crippen LogP contribution in [-0.4, -0.2) is 37.8 Å². The molecule has 0 bridgehead atoms. The molecule has 0 atom stereocenters. The van der Waals surface area contributed by atoms with Crippen molar-refractivity contribution in [3.05, 3.63) is 35.2 Å². The number of fused-ring (bicyclic) bond motifs is 1. The van der Waals surface area contributed by atoms with Gasteiger partial charge in [-0.05, 0) is 41.8 Å². The SMILES string of the molecule is Cn1nnc(CN2CCCc3cc(C(=O)O)ccc32)n1. The van der Waals surface area contributed by atoms with Crippen LogP contribution in [0.2, 0.25) is 0 Å². The van der Waals surface area contributed by atoms with Crippen molar-refractivity contribution in [1.82, 2.24) is 20.2 Å². The van der Waals surface area contributed by atoms with Gasteiger partial charge in [-0.1, -0.05) is 0 Å². The number of hydrogen-bond donors (Lipinski definition) is 1. The van der Waals surface area contributed by atoms with Crippen LogP contribution in [-0.2, 0) is 20.0 Å². The summed E-state index contributed by atoms with van der Waals surface area (Å²) in [6.07, 6.45) is 1.90. The fourth-order valence-electron chi connectivity index (χ4n) is 2.53. The molecule has 20 heavy (non-hydrogen) atoms. The number of carboxylic acids is 1. The highest BCUT2D eigenvalue weighted by molar-refractivity contribution is 5.88. The van der Waals surface area contributed by atoms with E-state index in [1.54, 1.807) is 19.2 Å². The Morgan fingerprint density at radius 2 is 2.30 bits per heavy atom. The molecule has 2 heterocycles. The molecule has 7 heteroatoms. The summed E-state index contributed by atoms with van der Waals surface area (Å²) in [5, 5.41) is 21.0. The van der Waals surface area contributed by atoms with E-state index in [2.05, 4.69) is 20.3 Å². The quantitative estimate of drug-likeness (QED) is 0.893. The average molecular weight is 273 g/mol. The molecule has 1 N–H and O–H groups in total. The van der Waals surface area contributed by atoms with E-state index in [9.17, 15) is 4.79 Å². The lowest BCUT2D eigenvalue weighted by Crippen LogP contribution is -2.29. The maximum absolute atomic E-state index is 11.0. The molecule has 2 aromatic rings.